The summed E-state index contributed by atoms with van der Waals surface area (Å²) >= 11 is 0. The van der Waals surface area contributed by atoms with Crippen LogP contribution in [0.25, 0.3) is 17.6 Å². The molecule has 0 unspecified atom stereocenters. The van der Waals surface area contributed by atoms with E-state index in [0.717, 1.165) is 23.9 Å². The standard InChI is InChI=1S/C9H9N5/c1-2-6-4-7(3-1)13-9-11-5-10-8(12-6)14-9/h2,4-5H,1,3H2,(H2,10,11,12,13,14). The average molecular weight is 187 g/mol. The number of H-pyrrole nitrogens is 2. The number of aromatic nitrogens is 5. The Hall–Kier alpha value is -1.91. The van der Waals surface area contributed by atoms with Crippen LogP contribution in [0.3, 0.4) is 0 Å². The van der Waals surface area contributed by atoms with E-state index in [2.05, 4.69) is 37.1 Å². The van der Waals surface area contributed by atoms with Gasteiger partial charge in [-0.1, -0.05) is 6.08 Å². The minimum atomic E-state index is 0.589. The fourth-order valence-electron chi connectivity index (χ4n) is 1.58. The van der Waals surface area contributed by atoms with Crippen molar-refractivity contribution in [3.63, 3.8) is 0 Å². The van der Waals surface area contributed by atoms with Crippen LogP contribution in [-0.4, -0.2) is 24.9 Å². The van der Waals surface area contributed by atoms with Gasteiger partial charge in [0.2, 0.25) is 11.6 Å². The Morgan fingerprint density at radius 1 is 1.14 bits per heavy atom. The number of nitrogens with zero attached hydrogens (tertiary/aromatic N) is 3. The summed E-state index contributed by atoms with van der Waals surface area (Å²) in [5.41, 5.74) is 1.15. The highest BCUT2D eigenvalue weighted by molar-refractivity contribution is 5.37. The molecular formula is C9H9N5. The van der Waals surface area contributed by atoms with Crippen LogP contribution in [0.5, 0.6) is 0 Å². The summed E-state index contributed by atoms with van der Waals surface area (Å²) < 4.78 is 0. The van der Waals surface area contributed by atoms with Gasteiger partial charge >= 0.3 is 0 Å². The Bertz CT molecular complexity index is 563. The van der Waals surface area contributed by atoms with Gasteiger partial charge in [0.15, 0.2) is 0 Å². The van der Waals surface area contributed by atoms with Gasteiger partial charge < -0.3 is 9.97 Å². The maximum atomic E-state index is 4.19. The molecule has 3 rings (SSSR count). The summed E-state index contributed by atoms with van der Waals surface area (Å²) in [4.78, 5) is 18.5. The maximum absolute atomic E-state index is 4.19. The van der Waals surface area contributed by atoms with Crippen LogP contribution in [-0.2, 0) is 6.42 Å². The molecule has 0 atom stereocenters. The first-order valence-corrected chi connectivity index (χ1v) is 4.54. The van der Waals surface area contributed by atoms with Crippen molar-refractivity contribution in [2.24, 2.45) is 0 Å². The molecule has 0 saturated heterocycles. The quantitative estimate of drug-likeness (QED) is 0.621. The third-order valence-corrected chi connectivity index (χ3v) is 2.21. The van der Waals surface area contributed by atoms with Crippen molar-refractivity contribution in [2.45, 2.75) is 12.8 Å². The first-order chi connectivity index (χ1) is 6.90. The van der Waals surface area contributed by atoms with Gasteiger partial charge in [-0.25, -0.2) is 9.97 Å². The van der Waals surface area contributed by atoms with Crippen LogP contribution in [0.4, 0.5) is 0 Å². The molecule has 0 aromatic carbocycles. The summed E-state index contributed by atoms with van der Waals surface area (Å²) in [7, 11) is 0. The van der Waals surface area contributed by atoms with Gasteiger partial charge in [0.05, 0.1) is 0 Å². The molecule has 70 valence electrons. The molecule has 2 heterocycles. The highest BCUT2D eigenvalue weighted by Gasteiger charge is 1.98. The third kappa shape index (κ3) is 1.22. The van der Waals surface area contributed by atoms with Crippen molar-refractivity contribution in [3.05, 3.63) is 23.4 Å². The van der Waals surface area contributed by atoms with E-state index in [1.54, 1.807) is 0 Å². The molecule has 4 bridgehead atoms. The third-order valence-electron chi connectivity index (χ3n) is 2.21. The molecule has 1 aliphatic rings. The van der Waals surface area contributed by atoms with E-state index in [1.165, 1.54) is 6.33 Å². The molecule has 5 heteroatoms. The lowest BCUT2D eigenvalue weighted by Crippen LogP contribution is -2.12. The van der Waals surface area contributed by atoms with E-state index < -0.39 is 0 Å². The molecule has 2 aromatic rings. The fourth-order valence-corrected chi connectivity index (χ4v) is 1.58. The van der Waals surface area contributed by atoms with E-state index in [0.29, 0.717) is 11.6 Å². The number of aromatic amines is 2. The molecule has 14 heavy (non-hydrogen) atoms. The predicted molar refractivity (Wildman–Crippen MR) is 51.7 cm³/mol. The van der Waals surface area contributed by atoms with Gasteiger partial charge in [0.25, 0.3) is 0 Å². The highest BCUT2D eigenvalue weighted by atomic mass is 15.1. The van der Waals surface area contributed by atoms with Crippen molar-refractivity contribution in [3.8, 4) is 0 Å². The fraction of sp³-hybridized carbons (Fsp3) is 0.222. The van der Waals surface area contributed by atoms with Gasteiger partial charge in [-0.15, -0.1) is 0 Å². The van der Waals surface area contributed by atoms with E-state index in [-0.39, 0.29) is 0 Å². The zero-order valence-corrected chi connectivity index (χ0v) is 7.49. The summed E-state index contributed by atoms with van der Waals surface area (Å²) in [6, 6.07) is 2.06. The molecule has 0 saturated carbocycles. The van der Waals surface area contributed by atoms with Crippen molar-refractivity contribution in [2.75, 3.05) is 0 Å². The number of rotatable bonds is 0. The van der Waals surface area contributed by atoms with E-state index >= 15 is 0 Å². The second-order valence-corrected chi connectivity index (χ2v) is 3.25. The Balaban J connectivity index is 2.50. The Labute approximate surface area is 79.6 Å². The summed E-state index contributed by atoms with van der Waals surface area (Å²) in [6.07, 6.45) is 5.68. The molecule has 0 fully saturated rings. The monoisotopic (exact) mass is 187 g/mol. The molecule has 0 radical (unpaired) electrons. The summed E-state index contributed by atoms with van der Waals surface area (Å²) in [6.45, 7) is 0. The summed E-state index contributed by atoms with van der Waals surface area (Å²) in [5.74, 6) is 1.20. The SMILES string of the molecule is C1=c2cc([nH]c3ncnc(n3)[nH]2)CC1. The lowest BCUT2D eigenvalue weighted by atomic mass is 10.1. The molecule has 0 spiro atoms. The number of nitrogens with one attached hydrogen (secondary N) is 2. The van der Waals surface area contributed by atoms with Crippen LogP contribution >= 0.6 is 0 Å². The van der Waals surface area contributed by atoms with Gasteiger partial charge in [0, 0.05) is 11.0 Å². The second-order valence-electron chi connectivity index (χ2n) is 3.25. The number of aryl methyl sites for hydroxylation is 1. The number of hydrogen-bond donors (Lipinski definition) is 2. The van der Waals surface area contributed by atoms with Crippen LogP contribution in [0.1, 0.15) is 12.1 Å². The predicted octanol–water partition coefficient (Wildman–Crippen LogP) is 0.251. The van der Waals surface area contributed by atoms with Crippen molar-refractivity contribution >= 4 is 17.6 Å². The minimum Gasteiger partial charge on any atom is -0.328 e. The van der Waals surface area contributed by atoms with Crippen molar-refractivity contribution < 1.29 is 0 Å². The van der Waals surface area contributed by atoms with E-state index in [9.17, 15) is 0 Å². The normalized spacial score (nSPS) is 13.7. The zero-order valence-electron chi connectivity index (χ0n) is 7.49. The topological polar surface area (TPSA) is 70.2 Å². The molecular weight excluding hydrogens is 178 g/mol. The summed E-state index contributed by atoms with van der Waals surface area (Å²) in [5, 5.41) is 1.05. The van der Waals surface area contributed by atoms with E-state index in [1.807, 2.05) is 0 Å². The first-order valence-electron chi connectivity index (χ1n) is 4.54. The number of hydrogen-bond acceptors (Lipinski definition) is 3. The minimum absolute atomic E-state index is 0.589. The lowest BCUT2D eigenvalue weighted by molar-refractivity contribution is 0.924. The molecule has 2 aromatic heterocycles. The first kappa shape index (κ1) is 7.49. The van der Waals surface area contributed by atoms with Gasteiger partial charge in [-0.2, -0.15) is 4.98 Å². The highest BCUT2D eigenvalue weighted by Crippen LogP contribution is 2.01. The van der Waals surface area contributed by atoms with Crippen LogP contribution in [0.15, 0.2) is 12.4 Å². The van der Waals surface area contributed by atoms with Crippen LogP contribution in [0.2, 0.25) is 0 Å². The van der Waals surface area contributed by atoms with Crippen LogP contribution in [0, 0.1) is 0 Å². The largest absolute Gasteiger partial charge is 0.328 e. The zero-order chi connectivity index (χ0) is 9.38. The molecule has 1 aliphatic carbocycles. The maximum Gasteiger partial charge on any atom is 0.231 e. The average Bonchev–Trinajstić information content (AvgIpc) is 2.17. The lowest BCUT2D eigenvalue weighted by Gasteiger charge is -2.03. The molecule has 0 amide bonds. The Morgan fingerprint density at radius 2 is 2.00 bits per heavy atom. The molecule has 2 N–H and O–H groups in total. The van der Waals surface area contributed by atoms with Crippen molar-refractivity contribution in [1.29, 1.82) is 0 Å². The second kappa shape index (κ2) is 2.80. The van der Waals surface area contributed by atoms with Crippen molar-refractivity contribution in [1.82, 2.24) is 24.9 Å². The Kier molecular flexibility index (Phi) is 1.50. The van der Waals surface area contributed by atoms with Gasteiger partial charge in [0.1, 0.15) is 6.33 Å². The molecule has 0 aliphatic heterocycles. The molecule has 5 nitrogen and oxygen atoms in total. The number of fused-ring (bicyclic) bond motifs is 4. The Morgan fingerprint density at radius 3 is 2.93 bits per heavy atom. The van der Waals surface area contributed by atoms with Crippen LogP contribution < -0.4 is 5.35 Å². The van der Waals surface area contributed by atoms with E-state index in [4.69, 9.17) is 0 Å². The van der Waals surface area contributed by atoms with Gasteiger partial charge in [-0.05, 0) is 18.9 Å². The smallest absolute Gasteiger partial charge is 0.231 e. The van der Waals surface area contributed by atoms with Gasteiger partial charge in [-0.3, -0.25) is 0 Å².